The number of carbonyl (C=O) groups excluding carboxylic acids is 1. The molecule has 1 saturated heterocycles. The van der Waals surface area contributed by atoms with E-state index in [1.165, 1.54) is 6.42 Å². The summed E-state index contributed by atoms with van der Waals surface area (Å²) in [5.41, 5.74) is 13.0. The molecule has 1 amide bonds. The lowest BCUT2D eigenvalue weighted by atomic mass is 9.91. The normalized spacial score (nSPS) is 24.0. The third-order valence-electron chi connectivity index (χ3n) is 3.49. The van der Waals surface area contributed by atoms with Crippen molar-refractivity contribution in [1.82, 2.24) is 4.90 Å². The molecule has 1 aromatic rings. The summed E-state index contributed by atoms with van der Waals surface area (Å²) in [7, 11) is 0. The van der Waals surface area contributed by atoms with E-state index in [0.29, 0.717) is 28.8 Å². The Kier molecular flexibility index (Phi) is 3.45. The lowest BCUT2D eigenvalue weighted by Crippen LogP contribution is -2.42. The van der Waals surface area contributed by atoms with Gasteiger partial charge < -0.3 is 16.4 Å². The number of likely N-dealkylation sites (tertiary alicyclic amines) is 1. The lowest BCUT2D eigenvalue weighted by molar-refractivity contribution is 0.0623. The average Bonchev–Trinajstić information content (AvgIpc) is 2.30. The Morgan fingerprint density at radius 1 is 1.17 bits per heavy atom. The second kappa shape index (κ2) is 4.88. The van der Waals surface area contributed by atoms with E-state index < -0.39 is 0 Å². The van der Waals surface area contributed by atoms with E-state index in [2.05, 4.69) is 13.8 Å². The predicted octanol–water partition coefficient (Wildman–Crippen LogP) is 1.97. The maximum Gasteiger partial charge on any atom is 0.253 e. The molecule has 2 atom stereocenters. The van der Waals surface area contributed by atoms with Crippen LogP contribution in [0.5, 0.6) is 0 Å². The molecule has 4 heteroatoms. The van der Waals surface area contributed by atoms with Gasteiger partial charge in [-0.2, -0.15) is 0 Å². The highest BCUT2D eigenvalue weighted by atomic mass is 16.2. The number of nitrogen functional groups attached to an aromatic ring is 2. The van der Waals surface area contributed by atoms with Crippen molar-refractivity contribution >= 4 is 17.3 Å². The fraction of sp³-hybridized carbons (Fsp3) is 0.500. The Hall–Kier alpha value is -1.71. The number of amides is 1. The molecule has 0 spiro atoms. The molecule has 4 N–H and O–H groups in total. The van der Waals surface area contributed by atoms with Crippen molar-refractivity contribution < 1.29 is 4.79 Å². The molecule has 0 aromatic heterocycles. The van der Waals surface area contributed by atoms with Gasteiger partial charge in [0, 0.05) is 18.7 Å². The molecular weight excluding hydrogens is 226 g/mol. The van der Waals surface area contributed by atoms with E-state index in [0.717, 1.165) is 13.1 Å². The van der Waals surface area contributed by atoms with E-state index >= 15 is 0 Å². The first-order valence-electron chi connectivity index (χ1n) is 6.41. The van der Waals surface area contributed by atoms with Gasteiger partial charge in [0.15, 0.2) is 0 Å². The minimum Gasteiger partial charge on any atom is -0.397 e. The molecule has 1 fully saturated rings. The van der Waals surface area contributed by atoms with Gasteiger partial charge in [-0.25, -0.2) is 0 Å². The summed E-state index contributed by atoms with van der Waals surface area (Å²) < 4.78 is 0. The van der Waals surface area contributed by atoms with Gasteiger partial charge in [0.25, 0.3) is 5.91 Å². The van der Waals surface area contributed by atoms with Crippen molar-refractivity contribution in [3.8, 4) is 0 Å². The van der Waals surface area contributed by atoms with Crippen LogP contribution in [0.2, 0.25) is 0 Å². The maximum atomic E-state index is 12.4. The molecule has 0 radical (unpaired) electrons. The molecule has 1 aliphatic heterocycles. The molecule has 1 heterocycles. The zero-order valence-electron chi connectivity index (χ0n) is 11.0. The van der Waals surface area contributed by atoms with Crippen LogP contribution in [0.3, 0.4) is 0 Å². The van der Waals surface area contributed by atoms with Crippen LogP contribution in [0.4, 0.5) is 11.4 Å². The molecule has 0 saturated carbocycles. The Labute approximate surface area is 108 Å². The van der Waals surface area contributed by atoms with E-state index in [4.69, 9.17) is 11.5 Å². The summed E-state index contributed by atoms with van der Waals surface area (Å²) >= 11 is 0. The fourth-order valence-corrected chi connectivity index (χ4v) is 2.72. The third-order valence-corrected chi connectivity index (χ3v) is 3.49. The summed E-state index contributed by atoms with van der Waals surface area (Å²) in [4.78, 5) is 14.3. The van der Waals surface area contributed by atoms with E-state index in [-0.39, 0.29) is 5.91 Å². The minimum absolute atomic E-state index is 0.0556. The van der Waals surface area contributed by atoms with E-state index in [9.17, 15) is 4.79 Å². The van der Waals surface area contributed by atoms with Crippen LogP contribution in [0.1, 0.15) is 30.6 Å². The summed E-state index contributed by atoms with van der Waals surface area (Å²) in [5, 5.41) is 0. The molecule has 2 unspecified atom stereocenters. The number of nitrogens with two attached hydrogens (primary N) is 2. The summed E-state index contributed by atoms with van der Waals surface area (Å²) in [6, 6.07) is 5.11. The largest absolute Gasteiger partial charge is 0.397 e. The van der Waals surface area contributed by atoms with Gasteiger partial charge in [0.1, 0.15) is 0 Å². The van der Waals surface area contributed by atoms with Gasteiger partial charge in [-0.05, 0) is 36.5 Å². The highest BCUT2D eigenvalue weighted by molar-refractivity contribution is 5.96. The standard InChI is InChI=1S/C14H21N3O/c1-9-5-10(2)8-17(7-9)14(18)11-3-4-12(15)13(16)6-11/h3-4,6,9-10H,5,7-8,15-16H2,1-2H3. The van der Waals surface area contributed by atoms with Gasteiger partial charge in [-0.1, -0.05) is 13.8 Å². The van der Waals surface area contributed by atoms with Crippen LogP contribution in [0.25, 0.3) is 0 Å². The van der Waals surface area contributed by atoms with Gasteiger partial charge in [-0.3, -0.25) is 4.79 Å². The summed E-state index contributed by atoms with van der Waals surface area (Å²) in [5.74, 6) is 1.17. The van der Waals surface area contributed by atoms with Crippen molar-refractivity contribution in [1.29, 1.82) is 0 Å². The molecule has 1 aliphatic rings. The molecule has 18 heavy (non-hydrogen) atoms. The molecule has 0 aliphatic carbocycles. The Balaban J connectivity index is 2.17. The zero-order chi connectivity index (χ0) is 13.3. The van der Waals surface area contributed by atoms with Gasteiger partial charge >= 0.3 is 0 Å². The molecule has 1 aromatic carbocycles. The smallest absolute Gasteiger partial charge is 0.253 e. The highest BCUT2D eigenvalue weighted by Gasteiger charge is 2.26. The number of anilines is 2. The topological polar surface area (TPSA) is 72.3 Å². The van der Waals surface area contributed by atoms with E-state index in [1.54, 1.807) is 18.2 Å². The SMILES string of the molecule is CC1CC(C)CN(C(=O)c2ccc(N)c(N)c2)C1. The lowest BCUT2D eigenvalue weighted by Gasteiger charge is -2.35. The van der Waals surface area contributed by atoms with Gasteiger partial charge in [-0.15, -0.1) is 0 Å². The number of carbonyl (C=O) groups is 1. The highest BCUT2D eigenvalue weighted by Crippen LogP contribution is 2.24. The molecule has 98 valence electrons. The number of benzene rings is 1. The Bertz CT molecular complexity index is 448. The quantitative estimate of drug-likeness (QED) is 0.745. The zero-order valence-corrected chi connectivity index (χ0v) is 11.0. The first-order valence-corrected chi connectivity index (χ1v) is 6.41. The number of hydrogen-bond acceptors (Lipinski definition) is 3. The predicted molar refractivity (Wildman–Crippen MR) is 74.1 cm³/mol. The van der Waals surface area contributed by atoms with Crippen molar-refractivity contribution in [3.05, 3.63) is 23.8 Å². The van der Waals surface area contributed by atoms with Crippen molar-refractivity contribution in [2.75, 3.05) is 24.6 Å². The van der Waals surface area contributed by atoms with Crippen molar-refractivity contribution in [2.24, 2.45) is 11.8 Å². The summed E-state index contributed by atoms with van der Waals surface area (Å²) in [6.45, 7) is 6.03. The fourth-order valence-electron chi connectivity index (χ4n) is 2.72. The third kappa shape index (κ3) is 2.58. The van der Waals surface area contributed by atoms with Crippen LogP contribution >= 0.6 is 0 Å². The minimum atomic E-state index is 0.0556. The van der Waals surface area contributed by atoms with Crippen molar-refractivity contribution in [3.63, 3.8) is 0 Å². The van der Waals surface area contributed by atoms with Gasteiger partial charge in [0.2, 0.25) is 0 Å². The van der Waals surface area contributed by atoms with Crippen LogP contribution in [0, 0.1) is 11.8 Å². The average molecular weight is 247 g/mol. The molecule has 0 bridgehead atoms. The number of nitrogens with zero attached hydrogens (tertiary/aromatic N) is 1. The van der Waals surface area contributed by atoms with Crippen molar-refractivity contribution in [2.45, 2.75) is 20.3 Å². The second-order valence-corrected chi connectivity index (χ2v) is 5.50. The molecular formula is C14H21N3O. The van der Waals surface area contributed by atoms with Crippen LogP contribution in [-0.2, 0) is 0 Å². The Morgan fingerprint density at radius 2 is 1.78 bits per heavy atom. The number of piperidine rings is 1. The second-order valence-electron chi connectivity index (χ2n) is 5.50. The molecule has 4 nitrogen and oxygen atoms in total. The number of hydrogen-bond donors (Lipinski definition) is 2. The summed E-state index contributed by atoms with van der Waals surface area (Å²) in [6.07, 6.45) is 1.19. The maximum absolute atomic E-state index is 12.4. The van der Waals surface area contributed by atoms with Crippen LogP contribution in [-0.4, -0.2) is 23.9 Å². The monoisotopic (exact) mass is 247 g/mol. The van der Waals surface area contributed by atoms with Crippen LogP contribution < -0.4 is 11.5 Å². The first kappa shape index (κ1) is 12.7. The van der Waals surface area contributed by atoms with Gasteiger partial charge in [0.05, 0.1) is 11.4 Å². The Morgan fingerprint density at radius 3 is 2.33 bits per heavy atom. The molecule has 2 rings (SSSR count). The van der Waals surface area contributed by atoms with E-state index in [1.807, 2.05) is 4.90 Å². The number of rotatable bonds is 1. The van der Waals surface area contributed by atoms with Crippen LogP contribution in [0.15, 0.2) is 18.2 Å². The first-order chi connectivity index (χ1) is 8.47.